The first kappa shape index (κ1) is 108. The number of aliphatic carboxylic acids is 2. The third kappa shape index (κ3) is 25.0. The van der Waals surface area contributed by atoms with Crippen molar-refractivity contribution in [2.75, 3.05) is 52.9 Å². The number of hydrogen-bond donors (Lipinski definition) is 36. The first-order valence-corrected chi connectivity index (χ1v) is 44.1. The van der Waals surface area contributed by atoms with E-state index < -0.39 is 396 Å². The number of hydrogen-bond acceptors (Lipinski definition) is 53. The largest absolute Gasteiger partial charge is 0.477 e. The second kappa shape index (κ2) is 44.0. The normalized spacial score (nSPS) is 46.3. The van der Waals surface area contributed by atoms with Crippen LogP contribution in [0.15, 0.2) is 0 Å². The van der Waals surface area contributed by atoms with Crippen molar-refractivity contribution in [2.24, 2.45) is 11.5 Å². The van der Waals surface area contributed by atoms with Gasteiger partial charge in [0.2, 0.25) is 0 Å². The fourth-order valence-electron chi connectivity index (χ4n) is 15.4. The number of phosphoric ester groups is 4. The highest BCUT2D eigenvalue weighted by molar-refractivity contribution is 7.47. The van der Waals surface area contributed by atoms with Gasteiger partial charge in [0.25, 0.3) is 11.6 Å². The van der Waals surface area contributed by atoms with E-state index in [1.807, 2.05) is 0 Å². The molecule has 38 N–H and O–H groups in total. The first-order chi connectivity index (χ1) is 59.0. The molecule has 0 aliphatic carbocycles. The molecule has 9 fully saturated rings. The molecule has 0 radical (unpaired) electrons. The highest BCUT2D eigenvalue weighted by Crippen LogP contribution is 2.53. The second-order valence-electron chi connectivity index (χ2n) is 30.5. The summed E-state index contributed by atoms with van der Waals surface area (Å²) >= 11 is 0. The maximum absolute atomic E-state index is 13.7. The minimum absolute atomic E-state index is 1.13. The average molecular weight is 1960 g/mol. The van der Waals surface area contributed by atoms with E-state index in [9.17, 15) is 200 Å². The zero-order valence-corrected chi connectivity index (χ0v) is 68.8. The molecule has 127 heavy (non-hydrogen) atoms. The van der Waals surface area contributed by atoms with Gasteiger partial charge in [-0.3, -0.25) is 18.1 Å². The Bertz CT molecular complexity index is 3710. The number of nitrogens with two attached hydrogens (primary N) is 2. The summed E-state index contributed by atoms with van der Waals surface area (Å²) < 4.78 is 173. The van der Waals surface area contributed by atoms with Crippen molar-refractivity contribution in [1.82, 2.24) is 0 Å². The lowest BCUT2D eigenvalue weighted by atomic mass is 9.89. The molecule has 9 rings (SSSR count). The zero-order valence-electron chi connectivity index (χ0n) is 65.2. The number of aliphatic hydroxyl groups is 24. The Hall–Kier alpha value is -2.34. The van der Waals surface area contributed by atoms with E-state index in [-0.39, 0.29) is 0 Å². The minimum Gasteiger partial charge on any atom is -0.477 e. The maximum Gasteiger partial charge on any atom is 0.470 e. The standard InChI is InChI=1S/C60H106N2O61P4/c1-12-25(76)30(81)33(84)52(103-12)112-41-23(61)50(104-21(10-69)29(41)80)113-42-24(62)51(107-22(11-70)40(42)111-54-43(32(83)28(79)20(9-68)106-54)114-53-34(85)31(82)27(78)19(8-67)105-53)115-44-46(120-124(91,92)93)36(15(73)5-64)109-56(48(44)122-126(97,98)99)116-45-47(121-125(94,95)96)37(16(74)6-65)108-55(49(45)123-127(100,101)102)110-39-18(3-59(90,57(86)87)118-38(39)17(75)7-66)117-60(58(88)89)2-13(71)26(77)35(119-60)14(72)4-63/h12-56,63-85,90H,2-11,61-62H2,1H3,(H,86,87)(H,88,89)(H2,91,92,93)(H2,94,95,96)(H2,97,98,99)(H2,100,101,102)/t12-,13+,14+,15-,16-,17+,18+,19+,20+,21+,22+,23+,24+,25-,26+,27+,28+,29+,30+,31-,32-,33+,34+,35+,36+,37+,38+,39+,40-,41+,42+,43+,44-,45-,46+,47+,48-,49-,50+,51+,52-,53-,54+,55+,56+,59+,60+/m0/s1. The van der Waals surface area contributed by atoms with Crippen LogP contribution in [0.4, 0.5) is 0 Å². The number of carboxylic acid groups (broad SMARTS) is 2. The summed E-state index contributed by atoms with van der Waals surface area (Å²) in [6.07, 6.45) is -115. The van der Waals surface area contributed by atoms with Crippen molar-refractivity contribution in [2.45, 2.75) is 307 Å². The minimum atomic E-state index is -6.72. The highest BCUT2D eigenvalue weighted by Gasteiger charge is 2.67. The van der Waals surface area contributed by atoms with Crippen LogP contribution in [0.2, 0.25) is 0 Å². The van der Waals surface area contributed by atoms with Crippen LogP contribution in [0.25, 0.3) is 0 Å². The summed E-state index contributed by atoms with van der Waals surface area (Å²) in [4.78, 5) is 113. The molecule has 0 aromatic heterocycles. The SMILES string of the molecule is C[C@@H]1O[C@@H](O[C@@H]2[C@@H](N)[C@@H](O[C@@H]3[C@@H](N)[C@@H](O[C@H]4[C@H](OP(=O)(O)O)[C@@H]([C@@H](O)CO)O[C@H](O[C@H]5[C@H](OP(=O)(O)O)[C@@H]([C@@H](O)CO)O[C@H](O[C@H]6[C@@H]([C@H](O)CO)O[C@@](O)(C(=O)O)C[C@H]6O[C@]6(C(=O)O)C[C@@H](O)[C@@H](O)[C@@H]([C@H](O)CO)O6)[C@H]5OP(=O)(O)O)[C@H]4OP(=O)(O)O)O[C@H](CO)[C@@H]3O[C@H]3O[C@H](CO)[C@@H](O)[C@H](O)[C@H]3O[C@@H]3O[C@H](CO)[C@@H](O)[C@H](O)[C@H]3O)O[C@H](CO)[C@H]2O)[C@H](O)[C@H](O)[C@H]1O. The molecule has 0 bridgehead atoms. The summed E-state index contributed by atoms with van der Waals surface area (Å²) in [6, 6.07) is -4.81. The molecule has 67 heteroatoms. The molecule has 0 unspecified atom stereocenters. The van der Waals surface area contributed by atoms with Gasteiger partial charge in [-0.1, -0.05) is 0 Å². The molecule has 9 saturated heterocycles. The molecule has 47 atom stereocenters. The van der Waals surface area contributed by atoms with Crippen LogP contribution in [0, 0.1) is 0 Å². The van der Waals surface area contributed by atoms with E-state index in [4.69, 9.17) is 110 Å². The second-order valence-corrected chi connectivity index (χ2v) is 35.3. The Morgan fingerprint density at radius 3 is 1.17 bits per heavy atom. The van der Waals surface area contributed by atoms with Crippen molar-refractivity contribution < 1.29 is 298 Å². The van der Waals surface area contributed by atoms with Crippen LogP contribution in [-0.2, 0) is 126 Å². The average Bonchev–Trinajstić information content (AvgIpc) is 0.742. The van der Waals surface area contributed by atoms with Gasteiger partial charge in [0.1, 0.15) is 201 Å². The Morgan fingerprint density at radius 2 is 0.709 bits per heavy atom. The van der Waals surface area contributed by atoms with Gasteiger partial charge in [0.15, 0.2) is 44.0 Å². The Labute approximate surface area is 711 Å². The lowest BCUT2D eigenvalue weighted by Crippen LogP contribution is -2.72. The molecule has 63 nitrogen and oxygen atoms in total. The van der Waals surface area contributed by atoms with Crippen molar-refractivity contribution in [3.8, 4) is 0 Å². The summed E-state index contributed by atoms with van der Waals surface area (Å²) in [5, 5.41) is 284. The monoisotopic (exact) mass is 1950 g/mol. The van der Waals surface area contributed by atoms with Crippen molar-refractivity contribution in [1.29, 1.82) is 0 Å². The smallest absolute Gasteiger partial charge is 0.470 e. The van der Waals surface area contributed by atoms with Gasteiger partial charge < -0.3 is 264 Å². The molecule has 742 valence electrons. The molecular formula is C60H106N2O61P4. The summed E-state index contributed by atoms with van der Waals surface area (Å²) in [5.41, 5.74) is 13.7. The Balaban J connectivity index is 1.22. The lowest BCUT2D eigenvalue weighted by molar-refractivity contribution is -0.405. The topological polar surface area (TPSA) is 1040 Å². The summed E-state index contributed by atoms with van der Waals surface area (Å²) in [7, 11) is -26.5. The van der Waals surface area contributed by atoms with Gasteiger partial charge in [0.05, 0.1) is 83.3 Å². The van der Waals surface area contributed by atoms with E-state index >= 15 is 0 Å². The number of carboxylic acids is 2. The molecular weight excluding hydrogens is 1850 g/mol. The van der Waals surface area contributed by atoms with Gasteiger partial charge in [-0.05, 0) is 6.92 Å². The van der Waals surface area contributed by atoms with Crippen LogP contribution in [0.5, 0.6) is 0 Å². The molecule has 9 aliphatic heterocycles. The molecule has 0 saturated carbocycles. The van der Waals surface area contributed by atoms with E-state index in [0.717, 1.165) is 0 Å². The predicted molar refractivity (Wildman–Crippen MR) is 378 cm³/mol. The number of rotatable bonds is 38. The van der Waals surface area contributed by atoms with Gasteiger partial charge in [-0.25, -0.2) is 27.8 Å². The van der Waals surface area contributed by atoms with Crippen molar-refractivity contribution >= 4 is 43.2 Å². The van der Waals surface area contributed by atoms with E-state index in [0.29, 0.717) is 0 Å². The summed E-state index contributed by atoms with van der Waals surface area (Å²) in [5.74, 6) is -12.5. The number of ether oxygens (including phenoxy) is 17. The molecule has 0 aromatic rings. The number of aliphatic hydroxyl groups excluding tert-OH is 23. The van der Waals surface area contributed by atoms with Crippen LogP contribution in [0.1, 0.15) is 19.8 Å². The fourth-order valence-corrected chi connectivity index (χ4v) is 17.6. The van der Waals surface area contributed by atoms with Crippen molar-refractivity contribution in [3.05, 3.63) is 0 Å². The van der Waals surface area contributed by atoms with Crippen molar-refractivity contribution in [3.63, 3.8) is 0 Å². The zero-order chi connectivity index (χ0) is 95.1. The third-order valence-corrected chi connectivity index (χ3v) is 23.8. The van der Waals surface area contributed by atoms with Gasteiger partial charge in [-0.2, -0.15) is 0 Å². The van der Waals surface area contributed by atoms with E-state index in [1.54, 1.807) is 0 Å². The van der Waals surface area contributed by atoms with Crippen LogP contribution in [0.3, 0.4) is 0 Å². The van der Waals surface area contributed by atoms with E-state index in [1.165, 1.54) is 6.92 Å². The Kier molecular flexibility index (Phi) is 37.5. The lowest BCUT2D eigenvalue weighted by Gasteiger charge is -2.53. The quantitative estimate of drug-likeness (QED) is 0.0255. The van der Waals surface area contributed by atoms with E-state index in [2.05, 4.69) is 0 Å². The predicted octanol–water partition coefficient (Wildman–Crippen LogP) is -20.8. The van der Waals surface area contributed by atoms with Gasteiger partial charge >= 0.3 is 43.2 Å². The first-order valence-electron chi connectivity index (χ1n) is 37.9. The van der Waals surface area contributed by atoms with Gasteiger partial charge in [0, 0.05) is 12.8 Å². The molecule has 0 amide bonds. The molecule has 0 aromatic carbocycles. The maximum atomic E-state index is 13.7. The molecule has 0 spiro atoms. The van der Waals surface area contributed by atoms with Crippen LogP contribution in [-0.4, -0.2) is 524 Å². The van der Waals surface area contributed by atoms with Crippen LogP contribution < -0.4 is 11.5 Å². The van der Waals surface area contributed by atoms with Crippen LogP contribution >= 0.6 is 31.3 Å². The molecule has 9 heterocycles. The molecule has 9 aliphatic rings. The van der Waals surface area contributed by atoms with Gasteiger partial charge in [-0.15, -0.1) is 0 Å². The Morgan fingerprint density at radius 1 is 0.354 bits per heavy atom. The number of carbonyl (C=O) groups is 2. The third-order valence-electron chi connectivity index (χ3n) is 21.7. The summed E-state index contributed by atoms with van der Waals surface area (Å²) in [6.45, 7) is -10.9. The fraction of sp³-hybridized carbons (Fsp3) is 0.967. The number of phosphoric acid groups is 4. The highest BCUT2D eigenvalue weighted by atomic mass is 31.2.